The van der Waals surface area contributed by atoms with E-state index in [1.807, 2.05) is 6.56 Å². The van der Waals surface area contributed by atoms with Crippen LogP contribution in [-0.2, 0) is 30.1 Å². The molecule has 0 radical (unpaired) electrons. The summed E-state index contributed by atoms with van der Waals surface area (Å²) in [5.41, 5.74) is 0. The molecule has 36 heavy (non-hydrogen) atoms. The van der Waals surface area contributed by atoms with Crippen LogP contribution in [0.4, 0.5) is 0 Å². The molecule has 206 valence electrons. The van der Waals surface area contributed by atoms with Gasteiger partial charge in [0.05, 0.1) is 0 Å². The van der Waals surface area contributed by atoms with Gasteiger partial charge >= 0.3 is 225 Å². The van der Waals surface area contributed by atoms with Gasteiger partial charge in [0.15, 0.2) is 0 Å². The number of hydrogen-bond acceptors (Lipinski definition) is 2. The van der Waals surface area contributed by atoms with Crippen LogP contribution >= 0.6 is 0 Å². The Kier molecular flexibility index (Phi) is 15.1. The fourth-order valence-electron chi connectivity index (χ4n) is 5.03. The van der Waals surface area contributed by atoms with Crippen molar-refractivity contribution in [3.8, 4) is 0 Å². The molecule has 9 heteroatoms. The molecule has 0 saturated heterocycles. The molecular formula is C27H52Cl2O2Si4Zr. The van der Waals surface area contributed by atoms with Crippen LogP contribution in [0, 0.1) is 0 Å². The third-order valence-corrected chi connectivity index (χ3v) is 24.8. The molecule has 0 aromatic carbocycles. The molecule has 0 fully saturated rings. The Balaban J connectivity index is 0.00000612. The number of hydrogen-bond donors (Lipinski definition) is 0. The summed E-state index contributed by atoms with van der Waals surface area (Å²) in [5, 5.41) is 3.56. The SMILES string of the molecule is C[C](C)=[Zr+2]([C]1=C([Si](C)(C)CCO[Si](C)(C)C)C=CC1)[C]1=C([Si](C)(C)CCO[Si](C)(C)C)C=CC1.[Cl-].[Cl-]. The first kappa shape index (κ1) is 37.1. The minimum absolute atomic E-state index is 0. The van der Waals surface area contributed by atoms with Gasteiger partial charge in [0, 0.05) is 0 Å². The van der Waals surface area contributed by atoms with Crippen molar-refractivity contribution in [1.29, 1.82) is 0 Å². The third kappa shape index (κ3) is 10.9. The molecular weight excluding hydrogens is 631 g/mol. The Bertz CT molecular complexity index is 849. The molecule has 0 aliphatic heterocycles. The van der Waals surface area contributed by atoms with Gasteiger partial charge in [-0.15, -0.1) is 0 Å². The van der Waals surface area contributed by atoms with Gasteiger partial charge in [-0.3, -0.25) is 0 Å². The van der Waals surface area contributed by atoms with Gasteiger partial charge < -0.3 is 24.8 Å². The summed E-state index contributed by atoms with van der Waals surface area (Å²) in [6, 6.07) is 2.50. The zero-order valence-electron chi connectivity index (χ0n) is 25.1. The summed E-state index contributed by atoms with van der Waals surface area (Å²) in [6.45, 7) is 31.0. The molecule has 0 aromatic rings. The zero-order valence-corrected chi connectivity index (χ0v) is 33.1. The average molecular weight is 683 g/mol. The Hall–Kier alpha value is 1.08. The first-order chi connectivity index (χ1) is 15.4. The van der Waals surface area contributed by atoms with E-state index in [0.717, 1.165) is 13.2 Å². The molecule has 2 aliphatic carbocycles. The van der Waals surface area contributed by atoms with Crippen molar-refractivity contribution in [3.63, 3.8) is 0 Å². The second-order valence-electron chi connectivity index (χ2n) is 13.6. The van der Waals surface area contributed by atoms with Gasteiger partial charge in [-0.25, -0.2) is 0 Å². The van der Waals surface area contributed by atoms with Crippen molar-refractivity contribution in [2.24, 2.45) is 0 Å². The first-order valence-electron chi connectivity index (χ1n) is 13.2. The summed E-state index contributed by atoms with van der Waals surface area (Å²) in [7, 11) is -5.95. The molecule has 2 aliphatic rings. The predicted octanol–water partition coefficient (Wildman–Crippen LogP) is 2.45. The molecule has 0 spiro atoms. The predicted molar refractivity (Wildman–Crippen MR) is 161 cm³/mol. The van der Waals surface area contributed by atoms with Crippen LogP contribution in [0.1, 0.15) is 26.7 Å². The fourth-order valence-corrected chi connectivity index (χ4v) is 25.3. The molecule has 0 bridgehead atoms. The van der Waals surface area contributed by atoms with Gasteiger partial charge in [-0.05, 0) is 0 Å². The molecule has 0 saturated carbocycles. The van der Waals surface area contributed by atoms with E-state index < -0.39 is 54.0 Å². The van der Waals surface area contributed by atoms with Gasteiger partial charge in [0.25, 0.3) is 0 Å². The molecule has 0 amide bonds. The maximum absolute atomic E-state index is 6.31. The molecule has 0 atom stereocenters. The normalized spacial score (nSPS) is 16.2. The van der Waals surface area contributed by atoms with Gasteiger partial charge in [-0.2, -0.15) is 0 Å². The van der Waals surface area contributed by atoms with Crippen LogP contribution in [0.5, 0.6) is 0 Å². The summed E-state index contributed by atoms with van der Waals surface area (Å²) >= 11 is -2.05. The Morgan fingerprint density at radius 1 is 0.667 bits per heavy atom. The Morgan fingerprint density at radius 3 is 1.28 bits per heavy atom. The van der Waals surface area contributed by atoms with Crippen molar-refractivity contribution in [2.75, 3.05) is 13.2 Å². The van der Waals surface area contributed by atoms with Crippen LogP contribution in [-0.4, -0.2) is 49.2 Å². The zero-order chi connectivity index (χ0) is 25.9. The summed E-state index contributed by atoms with van der Waals surface area (Å²) in [5.74, 6) is 0. The molecule has 0 unspecified atom stereocenters. The quantitative estimate of drug-likeness (QED) is 0.295. The van der Waals surface area contributed by atoms with E-state index in [2.05, 4.69) is 104 Å². The smallest absolute Gasteiger partial charge is 1.00 e. The van der Waals surface area contributed by atoms with E-state index >= 15 is 0 Å². The fraction of sp³-hybridized carbons (Fsp3) is 0.667. The molecule has 0 N–H and O–H groups in total. The van der Waals surface area contributed by atoms with Crippen molar-refractivity contribution in [2.45, 2.75) is 104 Å². The molecule has 2 nitrogen and oxygen atoms in total. The third-order valence-electron chi connectivity index (χ3n) is 6.95. The van der Waals surface area contributed by atoms with E-state index in [4.69, 9.17) is 8.85 Å². The van der Waals surface area contributed by atoms with Gasteiger partial charge in [0.2, 0.25) is 0 Å². The first-order valence-corrected chi connectivity index (χ1v) is 30.1. The van der Waals surface area contributed by atoms with Gasteiger partial charge in [0.1, 0.15) is 0 Å². The van der Waals surface area contributed by atoms with E-state index in [1.54, 1.807) is 13.6 Å². The van der Waals surface area contributed by atoms with Gasteiger partial charge in [-0.1, -0.05) is 0 Å². The second-order valence-corrected chi connectivity index (χ2v) is 39.5. The van der Waals surface area contributed by atoms with Crippen LogP contribution in [0.15, 0.2) is 41.3 Å². The molecule has 2 rings (SSSR count). The number of allylic oxidation sites excluding steroid dienone is 8. The Labute approximate surface area is 247 Å². The number of halogens is 2. The van der Waals surface area contributed by atoms with Crippen LogP contribution < -0.4 is 24.8 Å². The van der Waals surface area contributed by atoms with Crippen molar-refractivity contribution < 1.29 is 54.9 Å². The second kappa shape index (κ2) is 14.6. The van der Waals surface area contributed by atoms with E-state index in [-0.39, 0.29) is 24.8 Å². The molecule has 0 heterocycles. The van der Waals surface area contributed by atoms with E-state index in [1.165, 1.54) is 24.9 Å². The largest absolute Gasteiger partial charge is 1.00 e. The average Bonchev–Trinajstić information content (AvgIpc) is 3.29. The van der Waals surface area contributed by atoms with Crippen molar-refractivity contribution in [1.82, 2.24) is 0 Å². The monoisotopic (exact) mass is 680 g/mol. The number of rotatable bonds is 12. The van der Waals surface area contributed by atoms with Crippen molar-refractivity contribution in [3.05, 3.63) is 41.3 Å². The summed E-state index contributed by atoms with van der Waals surface area (Å²) in [4.78, 5) is 0. The topological polar surface area (TPSA) is 18.5 Å². The van der Waals surface area contributed by atoms with Crippen molar-refractivity contribution >= 4 is 36.0 Å². The van der Waals surface area contributed by atoms with Crippen LogP contribution in [0.2, 0.25) is 77.6 Å². The minimum Gasteiger partial charge on any atom is -1.00 e. The summed E-state index contributed by atoms with van der Waals surface area (Å²) < 4.78 is 18.2. The van der Waals surface area contributed by atoms with E-state index in [0.29, 0.717) is 0 Å². The Morgan fingerprint density at radius 2 is 1.00 bits per heavy atom. The maximum atomic E-state index is 6.31. The van der Waals surface area contributed by atoms with Crippen LogP contribution in [0.25, 0.3) is 0 Å². The molecule has 0 aromatic heterocycles. The summed E-state index contributed by atoms with van der Waals surface area (Å²) in [6.07, 6.45) is 12.4. The van der Waals surface area contributed by atoms with Crippen LogP contribution in [0.3, 0.4) is 0 Å². The maximum Gasteiger partial charge on any atom is -1.00 e. The van der Waals surface area contributed by atoms with E-state index in [9.17, 15) is 0 Å². The standard InChI is InChI=1S/2C12H23OSi2.C3H6.2ClH.Zr/c2*1-14(2,3)13-10-11-15(4,5)12-8-6-7-9-12;1-3-2;;;/h2*6,8H,7,10-11H2,1-5H3;1-2H3;2*1H;/q;;;;;+2/p-2. The minimum atomic E-state index is -2.05.